The van der Waals surface area contributed by atoms with Crippen molar-refractivity contribution in [1.82, 2.24) is 9.45 Å². The second-order valence-electron chi connectivity index (χ2n) is 8.52. The first-order valence-corrected chi connectivity index (χ1v) is 15.4. The molecule has 1 fully saturated rings. The summed E-state index contributed by atoms with van der Waals surface area (Å²) in [5, 5.41) is 0. The summed E-state index contributed by atoms with van der Waals surface area (Å²) in [4.78, 5) is 17.3. The Labute approximate surface area is 190 Å². The maximum Gasteiger partial charge on any atom is 0.267 e. The molecule has 0 spiro atoms. The van der Waals surface area contributed by atoms with Crippen LogP contribution in [0.3, 0.4) is 0 Å². The summed E-state index contributed by atoms with van der Waals surface area (Å²) in [5.74, 6) is 2.66. The molecule has 7 nitrogen and oxygen atoms in total. The largest absolute Gasteiger partial charge is 0.350 e. The van der Waals surface area contributed by atoms with Crippen molar-refractivity contribution >= 4 is 30.1 Å². The maximum absolute atomic E-state index is 12.9. The van der Waals surface area contributed by atoms with E-state index >= 15 is 0 Å². The molecule has 1 N–H and O–H groups in total. The van der Waals surface area contributed by atoms with Crippen LogP contribution in [0.2, 0.25) is 19.6 Å². The van der Waals surface area contributed by atoms with Crippen molar-refractivity contribution in [3.8, 4) is 11.5 Å². The van der Waals surface area contributed by atoms with Gasteiger partial charge in [-0.25, -0.2) is 22.7 Å². The smallest absolute Gasteiger partial charge is 0.267 e. The molecule has 32 heavy (non-hydrogen) atoms. The molecule has 1 atom stereocenters. The van der Waals surface area contributed by atoms with E-state index in [0.717, 1.165) is 28.8 Å². The third-order valence-electron chi connectivity index (χ3n) is 4.56. The molecule has 1 saturated heterocycles. The second-order valence-corrected chi connectivity index (χ2v) is 15.1. The topological polar surface area (TPSA) is 86.6 Å². The van der Waals surface area contributed by atoms with Gasteiger partial charge in [-0.15, -0.1) is 5.54 Å². The maximum atomic E-state index is 12.9. The van der Waals surface area contributed by atoms with Crippen LogP contribution in [0, 0.1) is 11.5 Å². The first-order valence-electron chi connectivity index (χ1n) is 10.5. The molecule has 0 bridgehead atoms. The number of amides is 1. The van der Waals surface area contributed by atoms with Gasteiger partial charge < -0.3 is 4.74 Å². The summed E-state index contributed by atoms with van der Waals surface area (Å²) in [6, 6.07) is 8.14. The van der Waals surface area contributed by atoms with Gasteiger partial charge in [-0.05, 0) is 54.8 Å². The molecule has 0 aliphatic carbocycles. The Morgan fingerprint density at radius 3 is 2.62 bits per heavy atom. The van der Waals surface area contributed by atoms with Crippen molar-refractivity contribution in [3.63, 3.8) is 0 Å². The average Bonchev–Trinajstić information content (AvgIpc) is 3.25. The highest BCUT2D eigenvalue weighted by atomic mass is 32.2. The van der Waals surface area contributed by atoms with Crippen molar-refractivity contribution in [2.45, 2.75) is 50.1 Å². The molecule has 1 aromatic heterocycles. The van der Waals surface area contributed by atoms with Crippen molar-refractivity contribution in [2.24, 2.45) is 0 Å². The molecule has 0 radical (unpaired) electrons. The summed E-state index contributed by atoms with van der Waals surface area (Å²) in [6.07, 6.45) is 7.97. The van der Waals surface area contributed by atoms with Crippen LogP contribution in [0.4, 0.5) is 0 Å². The number of nitrogens with one attached hydrogen (secondary N) is 1. The fourth-order valence-electron chi connectivity index (χ4n) is 2.87. The molecule has 1 unspecified atom stereocenters. The molecular formula is C23H28N2O5SSi. The molecule has 170 valence electrons. The van der Waals surface area contributed by atoms with Crippen LogP contribution in [-0.4, -0.2) is 39.3 Å². The van der Waals surface area contributed by atoms with Crippen LogP contribution in [0.15, 0.2) is 53.7 Å². The van der Waals surface area contributed by atoms with E-state index in [4.69, 9.17) is 9.57 Å². The van der Waals surface area contributed by atoms with Gasteiger partial charge in [0.05, 0.1) is 4.90 Å². The lowest BCUT2D eigenvalue weighted by molar-refractivity contribution is -0.198. The van der Waals surface area contributed by atoms with Gasteiger partial charge in [0.15, 0.2) is 6.29 Å². The van der Waals surface area contributed by atoms with Gasteiger partial charge in [-0.1, -0.05) is 25.6 Å². The van der Waals surface area contributed by atoms with Crippen molar-refractivity contribution in [1.29, 1.82) is 0 Å². The molecule has 1 amide bonds. The number of carbonyl (C=O) groups excluding carboxylic acids is 1. The van der Waals surface area contributed by atoms with E-state index < -0.39 is 30.3 Å². The molecule has 3 rings (SSSR count). The van der Waals surface area contributed by atoms with Gasteiger partial charge in [0.1, 0.15) is 8.07 Å². The summed E-state index contributed by atoms with van der Waals surface area (Å²) < 4.78 is 32.3. The Balaban J connectivity index is 1.62. The summed E-state index contributed by atoms with van der Waals surface area (Å²) in [7, 11) is -5.24. The van der Waals surface area contributed by atoms with Gasteiger partial charge in [0.25, 0.3) is 15.9 Å². The Morgan fingerprint density at radius 2 is 1.97 bits per heavy atom. The molecule has 2 heterocycles. The Kier molecular flexibility index (Phi) is 7.74. The van der Waals surface area contributed by atoms with Gasteiger partial charge in [0.2, 0.25) is 0 Å². The molecule has 9 heteroatoms. The normalized spacial score (nSPS) is 17.0. The van der Waals surface area contributed by atoms with Gasteiger partial charge in [-0.2, -0.15) is 0 Å². The summed E-state index contributed by atoms with van der Waals surface area (Å²) in [6.45, 7) is 7.07. The molecule has 2 aromatic rings. The van der Waals surface area contributed by atoms with Crippen molar-refractivity contribution in [2.75, 3.05) is 6.61 Å². The molecule has 0 saturated carbocycles. The first-order chi connectivity index (χ1) is 15.1. The number of hydrogen-bond donors (Lipinski definition) is 1. The van der Waals surface area contributed by atoms with Crippen molar-refractivity contribution in [3.05, 3.63) is 59.9 Å². The third-order valence-corrected chi connectivity index (χ3v) is 7.08. The lowest BCUT2D eigenvalue weighted by atomic mass is 10.2. The zero-order valence-electron chi connectivity index (χ0n) is 18.5. The van der Waals surface area contributed by atoms with Gasteiger partial charge >= 0.3 is 0 Å². The summed E-state index contributed by atoms with van der Waals surface area (Å²) in [5.41, 5.74) is 6.94. The molecule has 1 aromatic carbocycles. The van der Waals surface area contributed by atoms with Gasteiger partial charge in [-0.3, -0.25) is 4.79 Å². The fourth-order valence-corrected chi connectivity index (χ4v) is 4.59. The predicted molar refractivity (Wildman–Crippen MR) is 126 cm³/mol. The fraction of sp³-hybridized carbons (Fsp3) is 0.348. The van der Waals surface area contributed by atoms with Crippen molar-refractivity contribution < 1.29 is 22.8 Å². The summed E-state index contributed by atoms with van der Waals surface area (Å²) >= 11 is 0. The zero-order chi connectivity index (χ0) is 23.2. The number of hydrogen-bond acceptors (Lipinski definition) is 5. The van der Waals surface area contributed by atoms with Crippen LogP contribution in [0.1, 0.15) is 30.4 Å². The number of aromatic nitrogens is 1. The number of benzene rings is 1. The van der Waals surface area contributed by atoms with Crippen LogP contribution in [0.25, 0.3) is 6.08 Å². The monoisotopic (exact) mass is 472 g/mol. The van der Waals surface area contributed by atoms with E-state index in [9.17, 15) is 13.2 Å². The Morgan fingerprint density at radius 1 is 1.22 bits per heavy atom. The molecule has 1 aliphatic rings. The average molecular weight is 473 g/mol. The number of ether oxygens (including phenoxy) is 1. The zero-order valence-corrected chi connectivity index (χ0v) is 20.3. The van der Waals surface area contributed by atoms with E-state index in [1.807, 2.05) is 0 Å². The lowest BCUT2D eigenvalue weighted by Crippen LogP contribution is -2.32. The van der Waals surface area contributed by atoms with Crippen LogP contribution < -0.4 is 5.48 Å². The molecule has 1 aliphatic heterocycles. The minimum Gasteiger partial charge on any atom is -0.350 e. The van der Waals surface area contributed by atoms with Crippen LogP contribution in [0.5, 0.6) is 0 Å². The predicted octanol–water partition coefficient (Wildman–Crippen LogP) is 3.54. The van der Waals surface area contributed by atoms with E-state index in [1.54, 1.807) is 30.3 Å². The first kappa shape index (κ1) is 24.0. The van der Waals surface area contributed by atoms with Crippen LogP contribution >= 0.6 is 0 Å². The quantitative estimate of drug-likeness (QED) is 0.301. The highest BCUT2D eigenvalue weighted by molar-refractivity contribution is 7.90. The van der Waals surface area contributed by atoms with E-state index in [-0.39, 0.29) is 4.90 Å². The lowest BCUT2D eigenvalue weighted by Gasteiger charge is -2.21. The highest BCUT2D eigenvalue weighted by Crippen LogP contribution is 2.17. The molecular weight excluding hydrogens is 444 g/mol. The van der Waals surface area contributed by atoms with E-state index in [0.29, 0.717) is 12.2 Å². The number of hydroxylamine groups is 1. The minimum atomic E-state index is -3.74. The number of carbonyl (C=O) groups is 1. The SMILES string of the molecule is C[Si](C)(C)C#Cc1ccc(S(=O)(=O)n2ccc(/C=C/C(=O)NOC3CCCCO3)c2)cc1. The standard InChI is InChI=1S/C23H28N2O5SSi/c1-32(2,3)17-14-19-7-10-21(11-8-19)31(27,28)25-15-13-20(18-25)9-12-22(26)24-30-23-6-4-5-16-29-23/h7-13,15,18,23H,4-6,16H2,1-3H3,(H,24,26)/b12-9+. The van der Waals surface area contributed by atoms with Crippen LogP contribution in [-0.2, 0) is 24.4 Å². The highest BCUT2D eigenvalue weighted by Gasteiger charge is 2.17. The minimum absolute atomic E-state index is 0.167. The number of nitrogens with zero attached hydrogens (tertiary/aromatic N) is 1. The third kappa shape index (κ3) is 6.93. The Bertz CT molecular complexity index is 1130. The number of rotatable bonds is 6. The van der Waals surface area contributed by atoms with E-state index in [2.05, 4.69) is 36.6 Å². The Hall–Kier alpha value is -2.64. The van der Waals surface area contributed by atoms with Gasteiger partial charge in [0, 0.05) is 37.1 Å². The van der Waals surface area contributed by atoms with E-state index in [1.165, 1.54) is 24.5 Å². The second kappa shape index (κ2) is 10.3.